The molecule has 0 aliphatic heterocycles. The van der Waals surface area contributed by atoms with Crippen molar-refractivity contribution in [1.29, 1.82) is 0 Å². The molecule has 1 aromatic heterocycles. The van der Waals surface area contributed by atoms with Gasteiger partial charge in [0.15, 0.2) is 0 Å². The summed E-state index contributed by atoms with van der Waals surface area (Å²) in [6.07, 6.45) is 0. The van der Waals surface area contributed by atoms with Crippen molar-refractivity contribution in [2.24, 2.45) is 0 Å². The predicted octanol–water partition coefficient (Wildman–Crippen LogP) is 2.46. The summed E-state index contributed by atoms with van der Waals surface area (Å²) in [5.41, 5.74) is 0. The van der Waals surface area contributed by atoms with Crippen LogP contribution in [0.3, 0.4) is 0 Å². The molecule has 1 unspecified atom stereocenters. The van der Waals surface area contributed by atoms with Crippen LogP contribution in [-0.4, -0.2) is 11.3 Å². The normalized spacial score (nSPS) is 12.5. The highest BCUT2D eigenvalue weighted by atomic mass is 32.2. The molecule has 1 heterocycles. The molecule has 0 spiro atoms. The van der Waals surface area contributed by atoms with Crippen LogP contribution in [-0.2, 0) is 10.5 Å². The van der Waals surface area contributed by atoms with Crippen molar-refractivity contribution in [3.63, 3.8) is 0 Å². The van der Waals surface area contributed by atoms with Crippen molar-refractivity contribution in [2.75, 3.05) is 0 Å². The molecule has 0 aliphatic carbocycles. The molecule has 0 fully saturated rings. The van der Waals surface area contributed by atoms with E-state index in [1.807, 2.05) is 13.0 Å². The van der Waals surface area contributed by atoms with E-state index < -0.39 is 0 Å². The summed E-state index contributed by atoms with van der Waals surface area (Å²) in [6, 6.07) is 4.15. The highest BCUT2D eigenvalue weighted by molar-refractivity contribution is 7.99. The molecule has 72 valence electrons. The lowest BCUT2D eigenvalue weighted by molar-refractivity contribution is -0.119. The van der Waals surface area contributed by atoms with Gasteiger partial charge in [0, 0.05) is 17.6 Å². The van der Waals surface area contributed by atoms with E-state index in [2.05, 4.69) is 16.8 Å². The zero-order chi connectivity index (χ0) is 9.68. The summed E-state index contributed by atoms with van der Waals surface area (Å²) in [5, 5.41) is 5.10. The largest absolute Gasteiger partial charge is 0.345 e. The Morgan fingerprint density at radius 1 is 1.77 bits per heavy atom. The van der Waals surface area contributed by atoms with Gasteiger partial charge >= 0.3 is 0 Å². The number of hydrogen-bond acceptors (Lipinski definition) is 3. The number of hydrogen-bond donors (Lipinski definition) is 1. The summed E-state index contributed by atoms with van der Waals surface area (Å²) in [4.78, 5) is 12.0. The van der Waals surface area contributed by atoms with E-state index in [-0.39, 0.29) is 11.3 Å². The van der Waals surface area contributed by atoms with Crippen molar-refractivity contribution in [3.8, 4) is 0 Å². The van der Waals surface area contributed by atoms with Crippen LogP contribution >= 0.6 is 23.1 Å². The Hall–Kier alpha value is -0.480. The summed E-state index contributed by atoms with van der Waals surface area (Å²) < 4.78 is 0. The third-order valence-corrected chi connectivity index (χ3v) is 3.62. The van der Waals surface area contributed by atoms with Crippen LogP contribution in [0.15, 0.2) is 17.5 Å². The molecule has 2 nitrogen and oxygen atoms in total. The van der Waals surface area contributed by atoms with Crippen LogP contribution in [0.2, 0.25) is 0 Å². The zero-order valence-corrected chi connectivity index (χ0v) is 9.37. The van der Waals surface area contributed by atoms with E-state index in [0.717, 1.165) is 5.75 Å². The lowest BCUT2D eigenvalue weighted by Gasteiger charge is -2.10. The standard InChI is InChI=1S/C9H13NOS2/c1-7(11)10-8(2)13-6-9-4-3-5-12-9/h3-5,8H,6H2,1-2H3,(H,10,11). The van der Waals surface area contributed by atoms with Crippen molar-refractivity contribution in [3.05, 3.63) is 22.4 Å². The minimum absolute atomic E-state index is 0.0335. The molecule has 1 rings (SSSR count). The van der Waals surface area contributed by atoms with Gasteiger partial charge in [-0.25, -0.2) is 0 Å². The molecule has 0 bridgehead atoms. The van der Waals surface area contributed by atoms with E-state index in [1.54, 1.807) is 30.0 Å². The van der Waals surface area contributed by atoms with E-state index in [9.17, 15) is 4.79 Å². The van der Waals surface area contributed by atoms with Crippen molar-refractivity contribution in [1.82, 2.24) is 5.32 Å². The maximum atomic E-state index is 10.7. The number of thiophene rings is 1. The van der Waals surface area contributed by atoms with Gasteiger partial charge in [0.1, 0.15) is 0 Å². The zero-order valence-electron chi connectivity index (χ0n) is 7.74. The van der Waals surface area contributed by atoms with Crippen LogP contribution in [0.4, 0.5) is 0 Å². The molecule has 0 radical (unpaired) electrons. The first-order valence-electron chi connectivity index (χ1n) is 4.09. The van der Waals surface area contributed by atoms with Gasteiger partial charge in [-0.3, -0.25) is 4.79 Å². The molecule has 1 atom stereocenters. The Kier molecular flexibility index (Phi) is 4.32. The van der Waals surface area contributed by atoms with Crippen molar-refractivity contribution in [2.45, 2.75) is 25.0 Å². The van der Waals surface area contributed by atoms with Crippen LogP contribution < -0.4 is 5.32 Å². The minimum atomic E-state index is 0.0335. The van der Waals surface area contributed by atoms with Crippen LogP contribution in [0.5, 0.6) is 0 Å². The highest BCUT2D eigenvalue weighted by Gasteiger charge is 2.03. The lowest BCUT2D eigenvalue weighted by Crippen LogP contribution is -2.27. The summed E-state index contributed by atoms with van der Waals surface area (Å²) in [6.45, 7) is 3.54. The maximum Gasteiger partial charge on any atom is 0.217 e. The molecule has 1 aromatic rings. The molecule has 0 aromatic carbocycles. The Balaban J connectivity index is 2.22. The fraction of sp³-hybridized carbons (Fsp3) is 0.444. The first-order chi connectivity index (χ1) is 6.18. The molecule has 13 heavy (non-hydrogen) atoms. The molecular weight excluding hydrogens is 202 g/mol. The first-order valence-corrected chi connectivity index (χ1v) is 6.02. The summed E-state index contributed by atoms with van der Waals surface area (Å²) in [7, 11) is 0. The molecular formula is C9H13NOS2. The van der Waals surface area contributed by atoms with E-state index in [1.165, 1.54) is 4.88 Å². The molecule has 0 aliphatic rings. The molecule has 4 heteroatoms. The van der Waals surface area contributed by atoms with Crippen LogP contribution in [0.25, 0.3) is 0 Å². The Morgan fingerprint density at radius 3 is 3.08 bits per heavy atom. The van der Waals surface area contributed by atoms with Gasteiger partial charge in [0.2, 0.25) is 5.91 Å². The van der Waals surface area contributed by atoms with Crippen LogP contribution in [0, 0.1) is 0 Å². The Morgan fingerprint density at radius 2 is 2.54 bits per heavy atom. The number of nitrogens with one attached hydrogen (secondary N) is 1. The van der Waals surface area contributed by atoms with Crippen molar-refractivity contribution >= 4 is 29.0 Å². The molecule has 0 saturated carbocycles. The second kappa shape index (κ2) is 5.29. The topological polar surface area (TPSA) is 29.1 Å². The van der Waals surface area contributed by atoms with E-state index >= 15 is 0 Å². The number of carbonyl (C=O) groups is 1. The fourth-order valence-electron chi connectivity index (χ4n) is 0.930. The maximum absolute atomic E-state index is 10.7. The average Bonchev–Trinajstić information content (AvgIpc) is 2.51. The average molecular weight is 215 g/mol. The SMILES string of the molecule is CC(=O)NC(C)SCc1cccs1. The second-order valence-corrected chi connectivity index (χ2v) is 5.09. The van der Waals surface area contributed by atoms with Gasteiger partial charge < -0.3 is 5.32 Å². The van der Waals surface area contributed by atoms with Gasteiger partial charge in [-0.1, -0.05) is 6.07 Å². The second-order valence-electron chi connectivity index (χ2n) is 2.73. The fourth-order valence-corrected chi connectivity index (χ4v) is 2.65. The van der Waals surface area contributed by atoms with Crippen molar-refractivity contribution < 1.29 is 4.79 Å². The molecule has 0 saturated heterocycles. The van der Waals surface area contributed by atoms with Gasteiger partial charge in [-0.05, 0) is 18.4 Å². The molecule has 1 amide bonds. The Bertz CT molecular complexity index is 259. The third-order valence-electron chi connectivity index (χ3n) is 1.46. The van der Waals surface area contributed by atoms with E-state index in [0.29, 0.717) is 0 Å². The Labute approximate surface area is 86.7 Å². The monoisotopic (exact) mass is 215 g/mol. The van der Waals surface area contributed by atoms with E-state index in [4.69, 9.17) is 0 Å². The predicted molar refractivity (Wildman–Crippen MR) is 58.9 cm³/mol. The first kappa shape index (κ1) is 10.6. The third kappa shape index (κ3) is 4.33. The summed E-state index contributed by atoms with van der Waals surface area (Å²) >= 11 is 3.49. The number of thioether (sulfide) groups is 1. The van der Waals surface area contributed by atoms with Gasteiger partial charge in [-0.2, -0.15) is 0 Å². The highest BCUT2D eigenvalue weighted by Crippen LogP contribution is 2.19. The van der Waals surface area contributed by atoms with Gasteiger partial charge in [0.05, 0.1) is 5.37 Å². The quantitative estimate of drug-likeness (QED) is 0.782. The number of amides is 1. The minimum Gasteiger partial charge on any atom is -0.345 e. The number of carbonyl (C=O) groups excluding carboxylic acids is 1. The summed E-state index contributed by atoms with van der Waals surface area (Å²) in [5.74, 6) is 1.00. The lowest BCUT2D eigenvalue weighted by atomic mass is 10.5. The molecule has 1 N–H and O–H groups in total. The van der Waals surface area contributed by atoms with Crippen LogP contribution in [0.1, 0.15) is 18.7 Å². The van der Waals surface area contributed by atoms with Gasteiger partial charge in [0.25, 0.3) is 0 Å². The smallest absolute Gasteiger partial charge is 0.217 e. The van der Waals surface area contributed by atoms with Gasteiger partial charge in [-0.15, -0.1) is 23.1 Å². The number of rotatable bonds is 4.